The van der Waals surface area contributed by atoms with E-state index in [9.17, 15) is 31.9 Å². The van der Waals surface area contributed by atoms with Gasteiger partial charge in [-0.3, -0.25) is 15.4 Å². The maximum atomic E-state index is 14.1. The number of esters is 1. The molecule has 33 heavy (non-hydrogen) atoms. The molecule has 2 aromatic rings. The molecule has 3 amide bonds. The van der Waals surface area contributed by atoms with Gasteiger partial charge in [0.2, 0.25) is 0 Å². The second-order valence-electron chi connectivity index (χ2n) is 7.08. The monoisotopic (exact) mass is 489 g/mol. The maximum Gasteiger partial charge on any atom is 0.460 e. The van der Waals surface area contributed by atoms with E-state index < -0.39 is 41.4 Å². The van der Waals surface area contributed by atoms with E-state index in [1.165, 1.54) is 5.32 Å². The highest BCUT2D eigenvalue weighted by molar-refractivity contribution is 7.17. The predicted molar refractivity (Wildman–Crippen MR) is 109 cm³/mol. The number of hydrogen-bond acceptors (Lipinski definition) is 6. The number of anilines is 1. The lowest BCUT2D eigenvalue weighted by atomic mass is 9.95. The fraction of sp³-hybridized carbons (Fsp3) is 0.350. The zero-order valence-electron chi connectivity index (χ0n) is 17.2. The maximum absolute atomic E-state index is 14.1. The summed E-state index contributed by atoms with van der Waals surface area (Å²) >= 11 is 1.02. The zero-order chi connectivity index (χ0) is 24.4. The van der Waals surface area contributed by atoms with Crippen LogP contribution in [0.25, 0.3) is 0 Å². The van der Waals surface area contributed by atoms with Gasteiger partial charge in [0.1, 0.15) is 16.6 Å². The SMILES string of the molecule is COC(=O)C(NC(=O)Nc1sc2c(c1C(N)=O)CCCC2)(Oc1ccc(F)cc1)C(F)(F)F. The number of primary amides is 1. The minimum atomic E-state index is -5.49. The Kier molecular flexibility index (Phi) is 6.81. The van der Waals surface area contributed by atoms with E-state index >= 15 is 0 Å². The van der Waals surface area contributed by atoms with Crippen LogP contribution in [-0.4, -0.2) is 36.9 Å². The summed E-state index contributed by atoms with van der Waals surface area (Å²) in [6.45, 7) is 0. The highest BCUT2D eigenvalue weighted by Crippen LogP contribution is 2.38. The first-order valence-electron chi connectivity index (χ1n) is 9.61. The summed E-state index contributed by atoms with van der Waals surface area (Å²) in [6.07, 6.45) is -2.68. The minimum Gasteiger partial charge on any atom is -0.464 e. The van der Waals surface area contributed by atoms with Gasteiger partial charge in [-0.2, -0.15) is 13.2 Å². The number of benzene rings is 1. The number of carbonyl (C=O) groups excluding carboxylic acids is 3. The van der Waals surface area contributed by atoms with Crippen LogP contribution in [0.2, 0.25) is 0 Å². The van der Waals surface area contributed by atoms with Crippen LogP contribution in [0.15, 0.2) is 24.3 Å². The Bertz CT molecular complexity index is 1070. The summed E-state index contributed by atoms with van der Waals surface area (Å²) in [5.74, 6) is -4.15. The normalized spacial score (nSPS) is 15.1. The van der Waals surface area contributed by atoms with Gasteiger partial charge in [0, 0.05) is 4.88 Å². The number of rotatable bonds is 6. The molecule has 1 aliphatic rings. The molecule has 0 bridgehead atoms. The second-order valence-corrected chi connectivity index (χ2v) is 8.19. The van der Waals surface area contributed by atoms with Gasteiger partial charge >= 0.3 is 23.9 Å². The third kappa shape index (κ3) is 4.87. The van der Waals surface area contributed by atoms with Crippen LogP contribution < -0.4 is 21.1 Å². The van der Waals surface area contributed by atoms with Crippen molar-refractivity contribution in [3.63, 3.8) is 0 Å². The lowest BCUT2D eigenvalue weighted by molar-refractivity contribution is -0.258. The number of thiophene rings is 1. The van der Waals surface area contributed by atoms with E-state index in [1.807, 2.05) is 0 Å². The van der Waals surface area contributed by atoms with Gasteiger partial charge in [0.25, 0.3) is 5.91 Å². The van der Waals surface area contributed by atoms with E-state index in [1.54, 1.807) is 0 Å². The highest BCUT2D eigenvalue weighted by Gasteiger charge is 2.66. The van der Waals surface area contributed by atoms with Gasteiger partial charge in [-0.25, -0.2) is 14.0 Å². The molecule has 1 unspecified atom stereocenters. The Morgan fingerprint density at radius 1 is 1.09 bits per heavy atom. The first-order chi connectivity index (χ1) is 15.5. The fourth-order valence-electron chi connectivity index (χ4n) is 3.39. The molecule has 0 aliphatic heterocycles. The Hall–Kier alpha value is -3.35. The third-order valence-electron chi connectivity index (χ3n) is 4.89. The Morgan fingerprint density at radius 3 is 2.30 bits per heavy atom. The van der Waals surface area contributed by atoms with Crippen molar-refractivity contribution in [3.05, 3.63) is 46.1 Å². The number of hydrogen-bond donors (Lipinski definition) is 3. The summed E-state index contributed by atoms with van der Waals surface area (Å²) in [4.78, 5) is 37.6. The third-order valence-corrected chi connectivity index (χ3v) is 6.10. The number of alkyl halides is 3. The van der Waals surface area contributed by atoms with Crippen molar-refractivity contribution in [2.75, 3.05) is 12.4 Å². The molecule has 13 heteroatoms. The molecule has 1 heterocycles. The molecule has 0 fully saturated rings. The molecule has 0 saturated heterocycles. The van der Waals surface area contributed by atoms with Crippen LogP contribution >= 0.6 is 11.3 Å². The Labute approximate surface area is 189 Å². The number of nitrogens with two attached hydrogens (primary N) is 1. The first kappa shape index (κ1) is 24.3. The van der Waals surface area contributed by atoms with Crippen molar-refractivity contribution < 1.29 is 41.4 Å². The van der Waals surface area contributed by atoms with Crippen molar-refractivity contribution in [1.82, 2.24) is 5.32 Å². The summed E-state index contributed by atoms with van der Waals surface area (Å²) < 4.78 is 64.4. The van der Waals surface area contributed by atoms with E-state index in [4.69, 9.17) is 10.5 Å². The topological polar surface area (TPSA) is 120 Å². The summed E-state index contributed by atoms with van der Waals surface area (Å²) in [5.41, 5.74) is 2.12. The quantitative estimate of drug-likeness (QED) is 0.326. The van der Waals surface area contributed by atoms with Crippen LogP contribution in [0.1, 0.15) is 33.6 Å². The number of fused-ring (bicyclic) bond motifs is 1. The van der Waals surface area contributed by atoms with Gasteiger partial charge in [0.05, 0.1) is 12.7 Å². The van der Waals surface area contributed by atoms with Crippen molar-refractivity contribution >= 4 is 34.2 Å². The standard InChI is InChI=1S/C20H19F4N3O5S/c1-31-17(29)19(20(22,23)24,32-11-8-6-10(21)7-9-11)27-18(30)26-16-14(15(25)28)12-4-2-3-5-13(12)33-16/h6-9H,2-5H2,1H3,(H2,25,28)(H2,26,27,30). The molecule has 1 aromatic heterocycles. The molecule has 3 rings (SSSR count). The molecule has 1 aromatic carbocycles. The average Bonchev–Trinajstić information content (AvgIpc) is 3.11. The lowest BCUT2D eigenvalue weighted by Gasteiger charge is -2.33. The Balaban J connectivity index is 1.95. The molecule has 4 N–H and O–H groups in total. The van der Waals surface area contributed by atoms with Gasteiger partial charge < -0.3 is 15.2 Å². The highest BCUT2D eigenvalue weighted by atomic mass is 32.1. The van der Waals surface area contributed by atoms with E-state index in [0.717, 1.165) is 53.3 Å². The summed E-state index contributed by atoms with van der Waals surface area (Å²) in [7, 11) is 0.676. The van der Waals surface area contributed by atoms with E-state index in [-0.39, 0.29) is 10.6 Å². The van der Waals surface area contributed by atoms with E-state index in [2.05, 4.69) is 10.1 Å². The number of amides is 3. The van der Waals surface area contributed by atoms with Crippen molar-refractivity contribution in [1.29, 1.82) is 0 Å². The molecule has 1 aliphatic carbocycles. The predicted octanol–water partition coefficient (Wildman–Crippen LogP) is 3.50. The molecule has 0 spiro atoms. The van der Waals surface area contributed by atoms with Crippen LogP contribution in [0.5, 0.6) is 5.75 Å². The number of halogens is 4. The van der Waals surface area contributed by atoms with Crippen molar-refractivity contribution in [3.8, 4) is 5.75 Å². The molecule has 0 saturated carbocycles. The van der Waals surface area contributed by atoms with Crippen molar-refractivity contribution in [2.24, 2.45) is 5.73 Å². The number of carbonyl (C=O) groups is 3. The van der Waals surface area contributed by atoms with Crippen LogP contribution in [0.4, 0.5) is 27.4 Å². The molecule has 178 valence electrons. The fourth-order valence-corrected chi connectivity index (χ4v) is 4.68. The van der Waals surface area contributed by atoms with Crippen LogP contribution in [0.3, 0.4) is 0 Å². The van der Waals surface area contributed by atoms with Gasteiger partial charge in [0.15, 0.2) is 0 Å². The largest absolute Gasteiger partial charge is 0.464 e. The smallest absolute Gasteiger partial charge is 0.460 e. The molecular weight excluding hydrogens is 470 g/mol. The Morgan fingerprint density at radius 2 is 1.73 bits per heavy atom. The van der Waals surface area contributed by atoms with Crippen molar-refractivity contribution in [2.45, 2.75) is 37.6 Å². The number of ether oxygens (including phenoxy) is 2. The second kappa shape index (κ2) is 9.25. The number of aryl methyl sites for hydroxylation is 1. The first-order valence-corrected chi connectivity index (χ1v) is 10.4. The molecule has 8 nitrogen and oxygen atoms in total. The van der Waals surface area contributed by atoms with Gasteiger partial charge in [-0.15, -0.1) is 11.3 Å². The van der Waals surface area contributed by atoms with Gasteiger partial charge in [-0.05, 0) is 55.5 Å². The number of nitrogens with one attached hydrogen (secondary N) is 2. The number of urea groups is 1. The lowest BCUT2D eigenvalue weighted by Crippen LogP contribution is -2.68. The minimum absolute atomic E-state index is 0.0139. The average molecular weight is 489 g/mol. The molecule has 0 radical (unpaired) electrons. The van der Waals surface area contributed by atoms with Crippen LogP contribution in [0, 0.1) is 5.82 Å². The summed E-state index contributed by atoms with van der Waals surface area (Å²) in [6, 6.07) is 1.81. The van der Waals surface area contributed by atoms with Crippen LogP contribution in [-0.2, 0) is 22.4 Å². The molecular formula is C20H19F4N3O5S. The van der Waals surface area contributed by atoms with E-state index in [0.29, 0.717) is 25.5 Å². The summed E-state index contributed by atoms with van der Waals surface area (Å²) in [5, 5.41) is 3.59. The zero-order valence-corrected chi connectivity index (χ0v) is 18.0. The number of methoxy groups -OCH3 is 1. The van der Waals surface area contributed by atoms with Gasteiger partial charge in [-0.1, -0.05) is 0 Å². The molecule has 1 atom stereocenters.